The molecule has 148 valence electrons. The van der Waals surface area contributed by atoms with Crippen molar-refractivity contribution < 1.29 is 9.18 Å². The van der Waals surface area contributed by atoms with E-state index in [1.807, 2.05) is 0 Å². The number of amides is 1. The Morgan fingerprint density at radius 1 is 1.52 bits per heavy atom. The van der Waals surface area contributed by atoms with Gasteiger partial charge >= 0.3 is 0 Å². The van der Waals surface area contributed by atoms with Crippen LogP contribution in [-0.4, -0.2) is 37.0 Å². The van der Waals surface area contributed by atoms with Gasteiger partial charge in [0, 0.05) is 28.8 Å². The van der Waals surface area contributed by atoms with Gasteiger partial charge in [-0.15, -0.1) is 0 Å². The topological polar surface area (TPSA) is 58.4 Å². The van der Waals surface area contributed by atoms with Gasteiger partial charge in [-0.2, -0.15) is 0 Å². The van der Waals surface area contributed by atoms with E-state index in [-0.39, 0.29) is 11.5 Å². The van der Waals surface area contributed by atoms with E-state index < -0.39 is 5.82 Å². The predicted molar refractivity (Wildman–Crippen MR) is 113 cm³/mol. The van der Waals surface area contributed by atoms with Crippen molar-refractivity contribution >= 4 is 34.2 Å². The highest BCUT2D eigenvalue weighted by atomic mass is 35.5. The molecule has 7 heteroatoms. The zero-order chi connectivity index (χ0) is 20.1. The van der Waals surface area contributed by atoms with Gasteiger partial charge in [-0.1, -0.05) is 36.0 Å². The number of hydrogen-bond donors (Lipinski definition) is 2. The third-order valence-corrected chi connectivity index (χ3v) is 6.44. The maximum Gasteiger partial charge on any atom is 0.259 e. The molecule has 0 radical (unpaired) electrons. The summed E-state index contributed by atoms with van der Waals surface area (Å²) in [5, 5.41) is 3.21. The molecule has 0 saturated carbocycles. The van der Waals surface area contributed by atoms with E-state index in [4.69, 9.17) is 17.3 Å². The lowest BCUT2D eigenvalue weighted by Gasteiger charge is -2.19. The van der Waals surface area contributed by atoms with Crippen molar-refractivity contribution in [2.75, 3.05) is 20.1 Å². The van der Waals surface area contributed by atoms with Crippen LogP contribution in [0.25, 0.3) is 4.91 Å². The minimum atomic E-state index is -0.471. The molecule has 1 aliphatic heterocycles. The number of nitrogens with two attached hydrogens (primary N) is 1. The van der Waals surface area contributed by atoms with E-state index >= 15 is 0 Å². The van der Waals surface area contributed by atoms with Crippen molar-refractivity contribution in [3.8, 4) is 0 Å². The third-order valence-electron chi connectivity index (χ3n) is 4.79. The Bertz CT molecular complexity index is 762. The summed E-state index contributed by atoms with van der Waals surface area (Å²) in [5.41, 5.74) is 7.22. The average Bonchev–Trinajstić information content (AvgIpc) is 3.01. The maximum absolute atomic E-state index is 14.2. The van der Waals surface area contributed by atoms with Gasteiger partial charge in [-0.3, -0.25) is 4.79 Å². The van der Waals surface area contributed by atoms with Crippen LogP contribution in [0.5, 0.6) is 0 Å². The van der Waals surface area contributed by atoms with Crippen LogP contribution in [0, 0.1) is 12.7 Å². The van der Waals surface area contributed by atoms with Gasteiger partial charge < -0.3 is 16.0 Å². The Labute approximate surface area is 170 Å². The Balaban J connectivity index is 2.03. The highest BCUT2D eigenvalue weighted by Gasteiger charge is 2.22. The first-order chi connectivity index (χ1) is 12.7. The molecule has 1 saturated heterocycles. The van der Waals surface area contributed by atoms with Crippen LogP contribution < -0.4 is 11.1 Å². The molecular weight excluding hydrogens is 385 g/mol. The molecule has 1 unspecified atom stereocenters. The summed E-state index contributed by atoms with van der Waals surface area (Å²) in [4.78, 5) is 15.6. The largest absolute Gasteiger partial charge is 0.401 e. The van der Waals surface area contributed by atoms with Crippen LogP contribution >= 0.6 is 23.4 Å². The van der Waals surface area contributed by atoms with Crippen LogP contribution in [-0.2, 0) is 4.79 Å². The molecule has 0 aliphatic carbocycles. The number of halogens is 2. The molecule has 0 spiro atoms. The smallest absolute Gasteiger partial charge is 0.259 e. The average molecular weight is 412 g/mol. The van der Waals surface area contributed by atoms with Crippen LogP contribution in [0.3, 0.4) is 0 Å². The molecule has 0 bridgehead atoms. The number of carbonyl (C=O) groups is 1. The van der Waals surface area contributed by atoms with Gasteiger partial charge in [0.25, 0.3) is 5.91 Å². The quantitative estimate of drug-likeness (QED) is 0.657. The number of rotatable bonds is 7. The molecule has 2 rings (SSSR count). The summed E-state index contributed by atoms with van der Waals surface area (Å²) in [6, 6.07) is 3.45. The van der Waals surface area contributed by atoms with Crippen molar-refractivity contribution in [2.45, 2.75) is 39.2 Å². The molecule has 1 aromatic carbocycles. The summed E-state index contributed by atoms with van der Waals surface area (Å²) in [5.74, 6) is -0.743. The number of nitrogens with zero attached hydrogens (tertiary/aromatic N) is 1. The van der Waals surface area contributed by atoms with Crippen LogP contribution in [0.2, 0.25) is 5.02 Å². The molecule has 3 N–H and O–H groups in total. The number of aryl methyl sites for hydroxylation is 1. The van der Waals surface area contributed by atoms with Crippen molar-refractivity contribution in [3.63, 3.8) is 0 Å². The lowest BCUT2D eigenvalue weighted by Crippen LogP contribution is -2.32. The van der Waals surface area contributed by atoms with E-state index in [1.165, 1.54) is 12.5 Å². The molecule has 1 fully saturated rings. The van der Waals surface area contributed by atoms with Crippen LogP contribution in [0.1, 0.15) is 37.3 Å². The zero-order valence-electron chi connectivity index (χ0n) is 16.1. The third kappa shape index (κ3) is 5.50. The van der Waals surface area contributed by atoms with E-state index in [1.54, 1.807) is 19.9 Å². The maximum atomic E-state index is 14.2. The van der Waals surface area contributed by atoms with Crippen molar-refractivity contribution in [2.24, 2.45) is 5.73 Å². The summed E-state index contributed by atoms with van der Waals surface area (Å²) in [6.07, 6.45) is 3.24. The fourth-order valence-electron chi connectivity index (χ4n) is 3.17. The van der Waals surface area contributed by atoms with E-state index in [9.17, 15) is 9.18 Å². The fourth-order valence-corrected chi connectivity index (χ4v) is 4.37. The second kappa shape index (κ2) is 9.62. The highest BCUT2D eigenvalue weighted by molar-refractivity contribution is 8.12. The van der Waals surface area contributed by atoms with Gasteiger partial charge in [-0.05, 0) is 58.3 Å². The van der Waals surface area contributed by atoms with Gasteiger partial charge in [0.05, 0.1) is 9.93 Å². The number of likely N-dealkylation sites (tertiary alicyclic amines) is 1. The molecular formula is C20H27ClFN3OS. The summed E-state index contributed by atoms with van der Waals surface area (Å²) >= 11 is 7.29. The summed E-state index contributed by atoms with van der Waals surface area (Å²) in [6.45, 7) is 9.02. The van der Waals surface area contributed by atoms with Crippen LogP contribution in [0.4, 0.5) is 4.39 Å². The number of carbonyl (C=O) groups excluding carboxylic acids is 1. The first-order valence-electron chi connectivity index (χ1n) is 8.98. The number of thioether (sulfide) groups is 1. The molecule has 1 heterocycles. The SMILES string of the molecule is C=C(S/C(C(=O)NCCC1CCCN1C)=C(/C)N)c1c(F)ccc(C)c1Cl. The normalized spacial score (nSPS) is 18.3. The first kappa shape index (κ1) is 21.8. The Morgan fingerprint density at radius 3 is 2.81 bits per heavy atom. The first-order valence-corrected chi connectivity index (χ1v) is 10.2. The Morgan fingerprint density at radius 2 is 2.22 bits per heavy atom. The molecule has 1 aliphatic rings. The molecule has 0 aromatic heterocycles. The van der Waals surface area contributed by atoms with E-state index in [0.29, 0.717) is 33.1 Å². The lowest BCUT2D eigenvalue weighted by atomic mass is 10.1. The van der Waals surface area contributed by atoms with Gasteiger partial charge in [0.1, 0.15) is 5.82 Å². The standard InChI is InChI=1S/C20H27ClFN3OS/c1-12-7-8-16(22)17(18(12)21)14(3)27-19(13(2)23)20(26)24-10-9-15-6-5-11-25(15)4/h7-8,15H,3,5-6,9-11,23H2,1-2,4H3,(H,24,26)/b19-13-. The highest BCUT2D eigenvalue weighted by Crippen LogP contribution is 2.39. The number of benzene rings is 1. The Kier molecular flexibility index (Phi) is 7.77. The number of allylic oxidation sites excluding steroid dienone is 1. The fraction of sp³-hybridized carbons (Fsp3) is 0.450. The molecule has 1 aromatic rings. The van der Waals surface area contributed by atoms with Crippen molar-refractivity contribution in [1.82, 2.24) is 10.2 Å². The Hall–Kier alpha value is -1.50. The monoisotopic (exact) mass is 411 g/mol. The lowest BCUT2D eigenvalue weighted by molar-refractivity contribution is -0.116. The second-order valence-electron chi connectivity index (χ2n) is 6.91. The molecule has 1 atom stereocenters. The number of nitrogens with one attached hydrogen (secondary N) is 1. The van der Waals surface area contributed by atoms with Crippen molar-refractivity contribution in [1.29, 1.82) is 0 Å². The molecule has 4 nitrogen and oxygen atoms in total. The summed E-state index contributed by atoms with van der Waals surface area (Å²) < 4.78 is 14.2. The molecule has 1 amide bonds. The van der Waals surface area contributed by atoms with E-state index in [2.05, 4.69) is 23.8 Å². The molecule has 27 heavy (non-hydrogen) atoms. The van der Waals surface area contributed by atoms with Crippen LogP contribution in [0.15, 0.2) is 29.3 Å². The van der Waals surface area contributed by atoms with Gasteiger partial charge in [0.2, 0.25) is 0 Å². The number of hydrogen-bond acceptors (Lipinski definition) is 4. The van der Waals surface area contributed by atoms with Gasteiger partial charge in [0.15, 0.2) is 0 Å². The van der Waals surface area contributed by atoms with E-state index in [0.717, 1.165) is 36.7 Å². The minimum Gasteiger partial charge on any atom is -0.401 e. The summed E-state index contributed by atoms with van der Waals surface area (Å²) in [7, 11) is 2.11. The second-order valence-corrected chi connectivity index (χ2v) is 8.40. The van der Waals surface area contributed by atoms with Gasteiger partial charge in [-0.25, -0.2) is 4.39 Å². The van der Waals surface area contributed by atoms with Crippen molar-refractivity contribution in [3.05, 3.63) is 51.3 Å². The zero-order valence-corrected chi connectivity index (χ0v) is 17.6. The minimum absolute atomic E-state index is 0.209. The predicted octanol–water partition coefficient (Wildman–Crippen LogP) is 4.28.